The van der Waals surface area contributed by atoms with Crippen molar-refractivity contribution in [3.63, 3.8) is 0 Å². The van der Waals surface area contributed by atoms with E-state index in [1.165, 1.54) is 10.5 Å². The van der Waals surface area contributed by atoms with Crippen LogP contribution in [0.15, 0.2) is 16.9 Å². The first kappa shape index (κ1) is 19.2. The van der Waals surface area contributed by atoms with Crippen molar-refractivity contribution in [3.05, 3.63) is 33.9 Å². The molecule has 2 N–H and O–H groups in total. The Hall–Kier alpha value is -3.15. The first-order chi connectivity index (χ1) is 13.8. The van der Waals surface area contributed by atoms with Crippen LogP contribution in [0.4, 0.5) is 18.9 Å². The molecular weight excluding hydrogens is 395 g/mol. The number of carbonyl (C=O) groups is 1. The number of fused-ring (bicyclic) bond motifs is 3. The van der Waals surface area contributed by atoms with E-state index < -0.39 is 23.3 Å². The number of halogens is 3. The molecule has 1 saturated heterocycles. The van der Waals surface area contributed by atoms with Gasteiger partial charge in [-0.25, -0.2) is 0 Å². The van der Waals surface area contributed by atoms with Crippen LogP contribution in [0, 0.1) is 0 Å². The second-order valence-electron chi connectivity index (χ2n) is 6.61. The van der Waals surface area contributed by atoms with Crippen LogP contribution in [0.2, 0.25) is 0 Å². The molecule has 3 heterocycles. The number of ether oxygens (including phenoxy) is 1. The maximum Gasteiger partial charge on any atom is 0.418 e. The Morgan fingerprint density at radius 1 is 1.24 bits per heavy atom. The number of H-pyrrole nitrogens is 1. The number of benzene rings is 1. The summed E-state index contributed by atoms with van der Waals surface area (Å²) >= 11 is 0. The van der Waals surface area contributed by atoms with Gasteiger partial charge in [-0.2, -0.15) is 13.2 Å². The van der Waals surface area contributed by atoms with Crippen molar-refractivity contribution in [1.29, 1.82) is 0 Å². The summed E-state index contributed by atoms with van der Waals surface area (Å²) in [5, 5.41) is 16.6. The number of morpholine rings is 1. The third-order valence-electron chi connectivity index (χ3n) is 4.76. The summed E-state index contributed by atoms with van der Waals surface area (Å²) in [5.74, 6) is -0.879. The smallest absolute Gasteiger partial charge is 0.418 e. The summed E-state index contributed by atoms with van der Waals surface area (Å²) in [4.78, 5) is 27.2. The van der Waals surface area contributed by atoms with E-state index in [2.05, 4.69) is 15.2 Å². The van der Waals surface area contributed by atoms with Gasteiger partial charge in [0, 0.05) is 19.5 Å². The van der Waals surface area contributed by atoms with Crippen LogP contribution < -0.4 is 10.5 Å². The van der Waals surface area contributed by atoms with Crippen molar-refractivity contribution >= 4 is 28.3 Å². The van der Waals surface area contributed by atoms with Crippen molar-refractivity contribution in [2.75, 3.05) is 31.2 Å². The van der Waals surface area contributed by atoms with Crippen molar-refractivity contribution < 1.29 is 27.8 Å². The highest BCUT2D eigenvalue weighted by Gasteiger charge is 2.36. The highest BCUT2D eigenvalue weighted by atomic mass is 19.4. The number of carboxylic acid groups (broad SMARTS) is 1. The zero-order valence-corrected chi connectivity index (χ0v) is 15.0. The molecule has 1 fully saturated rings. The number of carboxylic acids is 1. The number of aliphatic carboxylic acids is 1. The number of nitrogens with one attached hydrogen (secondary N) is 1. The molecule has 3 aromatic rings. The first-order valence-corrected chi connectivity index (χ1v) is 8.81. The van der Waals surface area contributed by atoms with E-state index in [0.29, 0.717) is 13.2 Å². The molecule has 1 aliphatic rings. The third kappa shape index (κ3) is 3.50. The number of rotatable bonds is 4. The zero-order valence-electron chi connectivity index (χ0n) is 15.0. The van der Waals surface area contributed by atoms with E-state index in [4.69, 9.17) is 9.84 Å². The van der Waals surface area contributed by atoms with Crippen LogP contribution in [0.25, 0.3) is 16.7 Å². The van der Waals surface area contributed by atoms with Crippen LogP contribution >= 0.6 is 0 Å². The molecule has 2 aromatic heterocycles. The van der Waals surface area contributed by atoms with Gasteiger partial charge in [0.1, 0.15) is 5.82 Å². The van der Waals surface area contributed by atoms with E-state index >= 15 is 0 Å². The Bertz CT molecular complexity index is 1150. The minimum absolute atomic E-state index is 0.0248. The summed E-state index contributed by atoms with van der Waals surface area (Å²) in [6, 6.07) is 2.22. The molecule has 0 unspecified atom stereocenters. The highest BCUT2D eigenvalue weighted by Crippen LogP contribution is 2.39. The molecule has 4 rings (SSSR count). The summed E-state index contributed by atoms with van der Waals surface area (Å²) in [5.41, 5.74) is -1.51. The summed E-state index contributed by atoms with van der Waals surface area (Å²) < 4.78 is 47.7. The molecule has 0 atom stereocenters. The van der Waals surface area contributed by atoms with Crippen molar-refractivity contribution in [3.8, 4) is 0 Å². The lowest BCUT2D eigenvalue weighted by atomic mass is 10.1. The Balaban J connectivity index is 1.99. The maximum atomic E-state index is 13.7. The number of aromatic amines is 1. The van der Waals surface area contributed by atoms with Crippen LogP contribution in [0.1, 0.15) is 17.8 Å². The van der Waals surface area contributed by atoms with E-state index in [1.807, 2.05) is 0 Å². The second kappa shape index (κ2) is 7.03. The Kier molecular flexibility index (Phi) is 4.65. The van der Waals surface area contributed by atoms with Gasteiger partial charge >= 0.3 is 12.1 Å². The van der Waals surface area contributed by atoms with E-state index in [-0.39, 0.29) is 54.1 Å². The Labute approximate surface area is 160 Å². The van der Waals surface area contributed by atoms with Crippen LogP contribution in [-0.2, 0) is 22.1 Å². The average molecular weight is 411 g/mol. The van der Waals surface area contributed by atoms with Gasteiger partial charge in [0.15, 0.2) is 0 Å². The molecule has 9 nitrogen and oxygen atoms in total. The molecule has 0 radical (unpaired) electrons. The SMILES string of the molecule is O=C(O)CCc1nnc2c(=O)[nH]c3cc(C(F)(F)F)c(N4CCOCC4)cc3n12. The normalized spacial score (nSPS) is 15.3. The summed E-state index contributed by atoms with van der Waals surface area (Å²) in [6.45, 7) is 1.17. The lowest BCUT2D eigenvalue weighted by Gasteiger charge is -2.31. The van der Waals surface area contributed by atoms with E-state index in [9.17, 15) is 22.8 Å². The fraction of sp³-hybridized carbons (Fsp3) is 0.412. The molecule has 1 aliphatic heterocycles. The molecule has 0 aliphatic carbocycles. The lowest BCUT2D eigenvalue weighted by Crippen LogP contribution is -2.37. The van der Waals surface area contributed by atoms with Crippen molar-refractivity contribution in [2.24, 2.45) is 0 Å². The van der Waals surface area contributed by atoms with E-state index in [0.717, 1.165) is 6.07 Å². The minimum Gasteiger partial charge on any atom is -0.481 e. The van der Waals surface area contributed by atoms with Gasteiger partial charge in [-0.15, -0.1) is 10.2 Å². The van der Waals surface area contributed by atoms with Gasteiger partial charge in [-0.05, 0) is 12.1 Å². The standard InChI is InChI=1S/C17H16F3N5O4/c18-17(19,20)9-7-10-12(8-11(9)24-3-5-29-6-4-24)25-13(1-2-14(26)27)22-23-15(25)16(28)21-10/h7-8H,1-6H2,(H,21,28)(H,26,27). The van der Waals surface area contributed by atoms with Gasteiger partial charge in [-0.1, -0.05) is 0 Å². The van der Waals surface area contributed by atoms with Crippen molar-refractivity contribution in [2.45, 2.75) is 19.0 Å². The molecule has 0 saturated carbocycles. The first-order valence-electron chi connectivity index (χ1n) is 8.81. The Morgan fingerprint density at radius 2 is 1.97 bits per heavy atom. The fourth-order valence-electron chi connectivity index (χ4n) is 3.43. The van der Waals surface area contributed by atoms with E-state index in [1.54, 1.807) is 4.90 Å². The average Bonchev–Trinajstić information content (AvgIpc) is 3.10. The molecule has 0 amide bonds. The molecule has 1 aromatic carbocycles. The number of hydrogen-bond donors (Lipinski definition) is 2. The number of aryl methyl sites for hydroxylation is 1. The highest BCUT2D eigenvalue weighted by molar-refractivity contribution is 5.84. The third-order valence-corrected chi connectivity index (χ3v) is 4.76. The molecule has 154 valence electrons. The number of nitrogens with zero attached hydrogens (tertiary/aromatic N) is 4. The number of aromatic nitrogens is 4. The quantitative estimate of drug-likeness (QED) is 0.668. The van der Waals surface area contributed by atoms with Gasteiger partial charge < -0.3 is 19.7 Å². The molecule has 12 heteroatoms. The largest absolute Gasteiger partial charge is 0.481 e. The van der Waals surface area contributed by atoms with Crippen LogP contribution in [0.5, 0.6) is 0 Å². The summed E-state index contributed by atoms with van der Waals surface area (Å²) in [6.07, 6.45) is -4.91. The molecule has 29 heavy (non-hydrogen) atoms. The molecular formula is C17H16F3N5O4. The number of alkyl halides is 3. The Morgan fingerprint density at radius 3 is 2.62 bits per heavy atom. The van der Waals surface area contributed by atoms with Crippen LogP contribution in [-0.4, -0.2) is 57.0 Å². The second-order valence-corrected chi connectivity index (χ2v) is 6.61. The minimum atomic E-state index is -4.63. The molecule has 0 bridgehead atoms. The van der Waals surface area contributed by atoms with Gasteiger partial charge in [-0.3, -0.25) is 14.0 Å². The summed E-state index contributed by atoms with van der Waals surface area (Å²) in [7, 11) is 0. The van der Waals surface area contributed by atoms with Gasteiger partial charge in [0.05, 0.1) is 41.9 Å². The zero-order chi connectivity index (χ0) is 20.8. The predicted octanol–water partition coefficient (Wildman–Crippen LogP) is 1.44. The van der Waals surface area contributed by atoms with Crippen LogP contribution in [0.3, 0.4) is 0 Å². The monoisotopic (exact) mass is 411 g/mol. The maximum absolute atomic E-state index is 13.7. The van der Waals surface area contributed by atoms with Gasteiger partial charge in [0.25, 0.3) is 5.56 Å². The lowest BCUT2D eigenvalue weighted by molar-refractivity contribution is -0.138. The molecule has 0 spiro atoms. The number of hydrogen-bond acceptors (Lipinski definition) is 6. The topological polar surface area (TPSA) is 113 Å². The predicted molar refractivity (Wildman–Crippen MR) is 95.1 cm³/mol. The number of anilines is 1. The van der Waals surface area contributed by atoms with Gasteiger partial charge in [0.2, 0.25) is 5.65 Å². The fourth-order valence-corrected chi connectivity index (χ4v) is 3.43. The van der Waals surface area contributed by atoms with Crippen molar-refractivity contribution in [1.82, 2.24) is 19.6 Å².